The van der Waals surface area contributed by atoms with E-state index in [9.17, 15) is 0 Å². The Morgan fingerprint density at radius 2 is 2.12 bits per heavy atom. The maximum atomic E-state index is 5.80. The van der Waals surface area contributed by atoms with Crippen LogP contribution in [0.25, 0.3) is 0 Å². The molecule has 88 valence electrons. The number of halogens is 1. The summed E-state index contributed by atoms with van der Waals surface area (Å²) in [4.78, 5) is 0. The molecule has 1 atom stereocenters. The fourth-order valence-corrected chi connectivity index (χ4v) is 2.18. The van der Waals surface area contributed by atoms with Crippen LogP contribution in [0.3, 0.4) is 0 Å². The van der Waals surface area contributed by atoms with Crippen LogP contribution in [-0.2, 0) is 0 Å². The topological polar surface area (TPSA) is 21.3 Å². The van der Waals surface area contributed by atoms with Crippen molar-refractivity contribution in [2.75, 3.05) is 13.2 Å². The van der Waals surface area contributed by atoms with Crippen molar-refractivity contribution in [2.24, 2.45) is 0 Å². The zero-order chi connectivity index (χ0) is 11.2. The van der Waals surface area contributed by atoms with Gasteiger partial charge in [0.15, 0.2) is 0 Å². The van der Waals surface area contributed by atoms with Gasteiger partial charge in [0, 0.05) is 11.1 Å². The minimum Gasteiger partial charge on any atom is -0.494 e. The molecule has 1 unspecified atom stereocenters. The van der Waals surface area contributed by atoms with Crippen molar-refractivity contribution in [2.45, 2.75) is 31.7 Å². The SMILES string of the molecule is Clc1ccc(OCCCC2CCCN2)cc1. The van der Waals surface area contributed by atoms with Crippen LogP contribution in [0.15, 0.2) is 24.3 Å². The van der Waals surface area contributed by atoms with Gasteiger partial charge in [0.05, 0.1) is 6.61 Å². The minimum atomic E-state index is 0.716. The average Bonchev–Trinajstić information content (AvgIpc) is 2.80. The molecule has 0 bridgehead atoms. The van der Waals surface area contributed by atoms with Gasteiger partial charge in [-0.2, -0.15) is 0 Å². The smallest absolute Gasteiger partial charge is 0.119 e. The largest absolute Gasteiger partial charge is 0.494 e. The van der Waals surface area contributed by atoms with Gasteiger partial charge in [-0.25, -0.2) is 0 Å². The number of hydrogen-bond acceptors (Lipinski definition) is 2. The lowest BCUT2D eigenvalue weighted by atomic mass is 10.1. The van der Waals surface area contributed by atoms with Gasteiger partial charge in [-0.3, -0.25) is 0 Å². The molecule has 0 amide bonds. The van der Waals surface area contributed by atoms with E-state index in [0.29, 0.717) is 6.04 Å². The summed E-state index contributed by atoms with van der Waals surface area (Å²) in [5, 5.41) is 4.24. The van der Waals surface area contributed by atoms with Crippen LogP contribution in [0.4, 0.5) is 0 Å². The molecule has 0 saturated carbocycles. The van der Waals surface area contributed by atoms with Crippen LogP contribution in [0.1, 0.15) is 25.7 Å². The van der Waals surface area contributed by atoms with Crippen LogP contribution in [0.2, 0.25) is 5.02 Å². The molecule has 1 aromatic rings. The lowest BCUT2D eigenvalue weighted by Crippen LogP contribution is -2.21. The summed E-state index contributed by atoms with van der Waals surface area (Å²) in [5.41, 5.74) is 0. The number of benzene rings is 1. The van der Waals surface area contributed by atoms with E-state index in [1.54, 1.807) is 0 Å². The monoisotopic (exact) mass is 239 g/mol. The Hall–Kier alpha value is -0.730. The first kappa shape index (κ1) is 11.7. The summed E-state index contributed by atoms with van der Waals surface area (Å²) in [6, 6.07) is 8.26. The highest BCUT2D eigenvalue weighted by molar-refractivity contribution is 6.30. The molecule has 0 aromatic heterocycles. The van der Waals surface area contributed by atoms with Gasteiger partial charge in [0.2, 0.25) is 0 Å². The molecule has 3 heteroatoms. The second-order valence-electron chi connectivity index (χ2n) is 4.24. The molecule has 16 heavy (non-hydrogen) atoms. The van der Waals surface area contributed by atoms with E-state index in [4.69, 9.17) is 16.3 Å². The Bertz CT molecular complexity index is 306. The molecule has 1 fully saturated rings. The van der Waals surface area contributed by atoms with Gasteiger partial charge in [0.25, 0.3) is 0 Å². The summed E-state index contributed by atoms with van der Waals surface area (Å²) >= 11 is 5.80. The quantitative estimate of drug-likeness (QED) is 0.797. The normalized spacial score (nSPS) is 19.9. The van der Waals surface area contributed by atoms with E-state index in [2.05, 4.69) is 5.32 Å². The zero-order valence-electron chi connectivity index (χ0n) is 9.42. The number of hydrogen-bond donors (Lipinski definition) is 1. The van der Waals surface area contributed by atoms with Crippen molar-refractivity contribution in [1.29, 1.82) is 0 Å². The number of rotatable bonds is 5. The first-order chi connectivity index (χ1) is 7.84. The molecular weight excluding hydrogens is 222 g/mol. The predicted molar refractivity (Wildman–Crippen MR) is 67.2 cm³/mol. The second kappa shape index (κ2) is 6.12. The standard InChI is InChI=1S/C13H18ClNO/c14-11-5-7-13(8-6-11)16-10-2-4-12-3-1-9-15-12/h5-8,12,15H,1-4,9-10H2. The highest BCUT2D eigenvalue weighted by Crippen LogP contribution is 2.16. The van der Waals surface area contributed by atoms with Crippen LogP contribution in [0.5, 0.6) is 5.75 Å². The average molecular weight is 240 g/mol. The Balaban J connectivity index is 1.62. The molecule has 1 aliphatic rings. The van der Waals surface area contributed by atoms with Gasteiger partial charge in [-0.05, 0) is 56.5 Å². The van der Waals surface area contributed by atoms with E-state index in [1.165, 1.54) is 25.8 Å². The zero-order valence-corrected chi connectivity index (χ0v) is 10.2. The number of nitrogens with one attached hydrogen (secondary N) is 1. The molecule has 0 spiro atoms. The molecule has 0 aliphatic carbocycles. The Labute approximate surface area is 102 Å². The molecule has 2 nitrogen and oxygen atoms in total. The van der Waals surface area contributed by atoms with Crippen molar-refractivity contribution >= 4 is 11.6 Å². The predicted octanol–water partition coefficient (Wildman–Crippen LogP) is 3.25. The van der Waals surface area contributed by atoms with Gasteiger partial charge in [0.1, 0.15) is 5.75 Å². The Kier molecular flexibility index (Phi) is 4.49. The summed E-state index contributed by atoms with van der Waals surface area (Å²) in [6.07, 6.45) is 4.97. The molecule has 1 saturated heterocycles. The molecule has 1 heterocycles. The molecule has 0 radical (unpaired) electrons. The van der Waals surface area contributed by atoms with Crippen LogP contribution >= 0.6 is 11.6 Å². The van der Waals surface area contributed by atoms with E-state index in [0.717, 1.165) is 23.8 Å². The maximum absolute atomic E-state index is 5.80. The van der Waals surface area contributed by atoms with Gasteiger partial charge >= 0.3 is 0 Å². The lowest BCUT2D eigenvalue weighted by Gasteiger charge is -2.10. The third-order valence-corrected chi connectivity index (χ3v) is 3.19. The summed E-state index contributed by atoms with van der Waals surface area (Å²) in [7, 11) is 0. The first-order valence-electron chi connectivity index (χ1n) is 5.96. The summed E-state index contributed by atoms with van der Waals surface area (Å²) < 4.78 is 5.63. The Morgan fingerprint density at radius 1 is 1.31 bits per heavy atom. The van der Waals surface area contributed by atoms with Crippen LogP contribution < -0.4 is 10.1 Å². The van der Waals surface area contributed by atoms with Crippen LogP contribution in [-0.4, -0.2) is 19.2 Å². The second-order valence-corrected chi connectivity index (χ2v) is 4.67. The van der Waals surface area contributed by atoms with Gasteiger partial charge < -0.3 is 10.1 Å². The van der Waals surface area contributed by atoms with Crippen molar-refractivity contribution < 1.29 is 4.74 Å². The number of ether oxygens (including phenoxy) is 1. The molecule has 1 aliphatic heterocycles. The molecule has 1 aromatic carbocycles. The van der Waals surface area contributed by atoms with E-state index in [1.807, 2.05) is 24.3 Å². The molecule has 1 N–H and O–H groups in total. The first-order valence-corrected chi connectivity index (χ1v) is 6.34. The third-order valence-electron chi connectivity index (χ3n) is 2.94. The maximum Gasteiger partial charge on any atom is 0.119 e. The van der Waals surface area contributed by atoms with E-state index >= 15 is 0 Å². The minimum absolute atomic E-state index is 0.716. The summed E-state index contributed by atoms with van der Waals surface area (Å²) in [5.74, 6) is 0.906. The van der Waals surface area contributed by atoms with Crippen molar-refractivity contribution in [3.8, 4) is 5.75 Å². The highest BCUT2D eigenvalue weighted by Gasteiger charge is 2.12. The fraction of sp³-hybridized carbons (Fsp3) is 0.538. The molecular formula is C13H18ClNO. The fourth-order valence-electron chi connectivity index (χ4n) is 2.05. The van der Waals surface area contributed by atoms with Crippen molar-refractivity contribution in [1.82, 2.24) is 5.32 Å². The van der Waals surface area contributed by atoms with E-state index < -0.39 is 0 Å². The molecule has 2 rings (SSSR count). The van der Waals surface area contributed by atoms with Crippen LogP contribution in [0, 0.1) is 0 Å². The Morgan fingerprint density at radius 3 is 2.81 bits per heavy atom. The summed E-state index contributed by atoms with van der Waals surface area (Å²) in [6.45, 7) is 1.97. The third kappa shape index (κ3) is 3.69. The highest BCUT2D eigenvalue weighted by atomic mass is 35.5. The lowest BCUT2D eigenvalue weighted by molar-refractivity contribution is 0.299. The van der Waals surface area contributed by atoms with Crippen molar-refractivity contribution in [3.63, 3.8) is 0 Å². The van der Waals surface area contributed by atoms with Gasteiger partial charge in [-0.1, -0.05) is 11.6 Å². The van der Waals surface area contributed by atoms with Crippen molar-refractivity contribution in [3.05, 3.63) is 29.3 Å². The van der Waals surface area contributed by atoms with E-state index in [-0.39, 0.29) is 0 Å². The van der Waals surface area contributed by atoms with Gasteiger partial charge in [-0.15, -0.1) is 0 Å².